The zero-order valence-electron chi connectivity index (χ0n) is 9.76. The van der Waals surface area contributed by atoms with Gasteiger partial charge in [0.1, 0.15) is 0 Å². The lowest BCUT2D eigenvalue weighted by Gasteiger charge is -2.15. The molecule has 0 aliphatic rings. The SMILES string of the molecule is CC(C)(C#N)CCNCc1ccccc1Cl. The van der Waals surface area contributed by atoms with Crippen LogP contribution in [0.3, 0.4) is 0 Å². The van der Waals surface area contributed by atoms with Crippen LogP contribution in [0.25, 0.3) is 0 Å². The molecule has 0 fully saturated rings. The molecular formula is C13H17ClN2. The molecule has 0 bridgehead atoms. The van der Waals surface area contributed by atoms with E-state index in [0.717, 1.165) is 30.1 Å². The smallest absolute Gasteiger partial charge is 0.0684 e. The molecule has 0 amide bonds. The summed E-state index contributed by atoms with van der Waals surface area (Å²) >= 11 is 6.03. The minimum atomic E-state index is -0.256. The van der Waals surface area contributed by atoms with Crippen LogP contribution in [-0.4, -0.2) is 6.54 Å². The molecule has 0 aliphatic carbocycles. The summed E-state index contributed by atoms with van der Waals surface area (Å²) < 4.78 is 0. The largest absolute Gasteiger partial charge is 0.313 e. The Morgan fingerprint density at radius 2 is 2.06 bits per heavy atom. The molecule has 0 radical (unpaired) electrons. The van der Waals surface area contributed by atoms with E-state index in [4.69, 9.17) is 16.9 Å². The Kier molecular flexibility index (Phi) is 4.79. The van der Waals surface area contributed by atoms with Gasteiger partial charge >= 0.3 is 0 Å². The molecule has 1 N–H and O–H groups in total. The zero-order chi connectivity index (χ0) is 12.0. The van der Waals surface area contributed by atoms with Gasteiger partial charge < -0.3 is 5.32 Å². The van der Waals surface area contributed by atoms with E-state index in [2.05, 4.69) is 11.4 Å². The second-order valence-electron chi connectivity index (χ2n) is 4.51. The lowest BCUT2D eigenvalue weighted by molar-refractivity contribution is 0.432. The molecule has 0 unspecified atom stereocenters. The lowest BCUT2D eigenvalue weighted by atomic mass is 9.91. The first-order chi connectivity index (χ1) is 7.55. The number of benzene rings is 1. The minimum absolute atomic E-state index is 0.256. The maximum atomic E-state index is 8.86. The highest BCUT2D eigenvalue weighted by atomic mass is 35.5. The quantitative estimate of drug-likeness (QED) is 0.796. The first-order valence-electron chi connectivity index (χ1n) is 5.40. The highest BCUT2D eigenvalue weighted by molar-refractivity contribution is 6.31. The fraction of sp³-hybridized carbons (Fsp3) is 0.462. The number of rotatable bonds is 5. The maximum absolute atomic E-state index is 8.86. The van der Waals surface area contributed by atoms with Crippen molar-refractivity contribution in [3.63, 3.8) is 0 Å². The topological polar surface area (TPSA) is 35.8 Å². The van der Waals surface area contributed by atoms with Gasteiger partial charge in [0.25, 0.3) is 0 Å². The van der Waals surface area contributed by atoms with E-state index in [1.165, 1.54) is 0 Å². The molecule has 0 saturated heterocycles. The Hall–Kier alpha value is -1.04. The van der Waals surface area contributed by atoms with Gasteiger partial charge in [0.2, 0.25) is 0 Å². The average Bonchev–Trinajstić information content (AvgIpc) is 2.27. The molecule has 1 rings (SSSR count). The van der Waals surface area contributed by atoms with Crippen molar-refractivity contribution in [2.45, 2.75) is 26.8 Å². The van der Waals surface area contributed by atoms with Crippen molar-refractivity contribution in [2.75, 3.05) is 6.54 Å². The van der Waals surface area contributed by atoms with Gasteiger partial charge in [-0.25, -0.2) is 0 Å². The van der Waals surface area contributed by atoms with Crippen molar-refractivity contribution in [3.8, 4) is 6.07 Å². The molecule has 2 nitrogen and oxygen atoms in total. The van der Waals surface area contributed by atoms with Crippen molar-refractivity contribution in [1.82, 2.24) is 5.32 Å². The maximum Gasteiger partial charge on any atom is 0.0684 e. The number of hydrogen-bond donors (Lipinski definition) is 1. The number of nitriles is 1. The van der Waals surface area contributed by atoms with Crippen LogP contribution in [0, 0.1) is 16.7 Å². The van der Waals surface area contributed by atoms with Crippen LogP contribution in [-0.2, 0) is 6.54 Å². The summed E-state index contributed by atoms with van der Waals surface area (Å²) in [7, 11) is 0. The van der Waals surface area contributed by atoms with E-state index in [9.17, 15) is 0 Å². The second-order valence-corrected chi connectivity index (χ2v) is 4.92. The van der Waals surface area contributed by atoms with Crippen molar-refractivity contribution in [1.29, 1.82) is 5.26 Å². The first kappa shape index (κ1) is 13.0. The summed E-state index contributed by atoms with van der Waals surface area (Å²) in [5, 5.41) is 12.9. The summed E-state index contributed by atoms with van der Waals surface area (Å²) in [6, 6.07) is 10.1. The van der Waals surface area contributed by atoms with Crippen LogP contribution in [0.15, 0.2) is 24.3 Å². The Morgan fingerprint density at radius 1 is 1.38 bits per heavy atom. The Morgan fingerprint density at radius 3 is 2.69 bits per heavy atom. The molecule has 0 saturated carbocycles. The Balaban J connectivity index is 2.33. The molecule has 16 heavy (non-hydrogen) atoms. The van der Waals surface area contributed by atoms with E-state index in [0.29, 0.717) is 0 Å². The van der Waals surface area contributed by atoms with Gasteiger partial charge in [0.15, 0.2) is 0 Å². The van der Waals surface area contributed by atoms with E-state index < -0.39 is 0 Å². The third-order valence-electron chi connectivity index (χ3n) is 2.50. The summed E-state index contributed by atoms with van der Waals surface area (Å²) in [4.78, 5) is 0. The van der Waals surface area contributed by atoms with Crippen LogP contribution >= 0.6 is 11.6 Å². The normalized spacial score (nSPS) is 11.1. The van der Waals surface area contributed by atoms with E-state index in [-0.39, 0.29) is 5.41 Å². The molecule has 0 atom stereocenters. The lowest BCUT2D eigenvalue weighted by Crippen LogP contribution is -2.21. The van der Waals surface area contributed by atoms with Gasteiger partial charge in [0, 0.05) is 11.6 Å². The summed E-state index contributed by atoms with van der Waals surface area (Å²) in [6.07, 6.45) is 0.841. The van der Waals surface area contributed by atoms with E-state index >= 15 is 0 Å². The van der Waals surface area contributed by atoms with Gasteiger partial charge in [-0.2, -0.15) is 5.26 Å². The third kappa shape index (κ3) is 4.22. The number of nitrogens with one attached hydrogen (secondary N) is 1. The molecule has 0 heterocycles. The van der Waals surface area contributed by atoms with E-state index in [1.807, 2.05) is 38.1 Å². The van der Waals surface area contributed by atoms with Crippen LogP contribution < -0.4 is 5.32 Å². The fourth-order valence-electron chi connectivity index (χ4n) is 1.32. The minimum Gasteiger partial charge on any atom is -0.313 e. The second kappa shape index (κ2) is 5.89. The van der Waals surface area contributed by atoms with Gasteiger partial charge in [-0.15, -0.1) is 0 Å². The number of nitrogens with zero attached hydrogens (tertiary/aromatic N) is 1. The van der Waals surface area contributed by atoms with Gasteiger partial charge in [-0.05, 0) is 38.4 Å². The monoisotopic (exact) mass is 236 g/mol. The predicted octanol–water partition coefficient (Wildman–Crippen LogP) is 3.37. The summed E-state index contributed by atoms with van der Waals surface area (Å²) in [5.74, 6) is 0. The molecule has 3 heteroatoms. The van der Waals surface area contributed by atoms with Crippen molar-refractivity contribution in [2.24, 2.45) is 5.41 Å². The third-order valence-corrected chi connectivity index (χ3v) is 2.87. The van der Waals surface area contributed by atoms with Crippen molar-refractivity contribution >= 4 is 11.6 Å². The molecular weight excluding hydrogens is 220 g/mol. The molecule has 86 valence electrons. The fourth-order valence-corrected chi connectivity index (χ4v) is 1.52. The molecule has 0 aliphatic heterocycles. The number of halogens is 1. The van der Waals surface area contributed by atoms with Crippen LogP contribution in [0.5, 0.6) is 0 Å². The van der Waals surface area contributed by atoms with E-state index in [1.54, 1.807) is 0 Å². The average molecular weight is 237 g/mol. The molecule has 1 aromatic carbocycles. The van der Waals surface area contributed by atoms with Crippen LogP contribution in [0.4, 0.5) is 0 Å². The zero-order valence-corrected chi connectivity index (χ0v) is 10.5. The Labute approximate surface area is 102 Å². The van der Waals surface area contributed by atoms with Gasteiger partial charge in [-0.1, -0.05) is 29.8 Å². The van der Waals surface area contributed by atoms with Crippen molar-refractivity contribution in [3.05, 3.63) is 34.9 Å². The molecule has 0 aromatic heterocycles. The molecule has 1 aromatic rings. The van der Waals surface area contributed by atoms with Gasteiger partial charge in [0.05, 0.1) is 11.5 Å². The molecule has 0 spiro atoms. The standard InChI is InChI=1S/C13H17ClN2/c1-13(2,10-15)7-8-16-9-11-5-3-4-6-12(11)14/h3-6,16H,7-9H2,1-2H3. The number of hydrogen-bond acceptors (Lipinski definition) is 2. The Bertz CT molecular complexity index is 380. The van der Waals surface area contributed by atoms with Crippen molar-refractivity contribution < 1.29 is 0 Å². The predicted molar refractivity (Wildman–Crippen MR) is 67.2 cm³/mol. The summed E-state index contributed by atoms with van der Waals surface area (Å²) in [6.45, 7) is 5.47. The first-order valence-corrected chi connectivity index (χ1v) is 5.78. The van der Waals surface area contributed by atoms with Gasteiger partial charge in [-0.3, -0.25) is 0 Å². The van der Waals surface area contributed by atoms with Crippen LogP contribution in [0.1, 0.15) is 25.8 Å². The van der Waals surface area contributed by atoms with Crippen LogP contribution in [0.2, 0.25) is 5.02 Å². The summed E-state index contributed by atoms with van der Waals surface area (Å²) in [5.41, 5.74) is 0.840. The highest BCUT2D eigenvalue weighted by Crippen LogP contribution is 2.18. The highest BCUT2D eigenvalue weighted by Gasteiger charge is 2.15.